The number of amides is 1. The van der Waals surface area contributed by atoms with Gasteiger partial charge in [-0.3, -0.25) is 14.6 Å². The van der Waals surface area contributed by atoms with Gasteiger partial charge in [0.05, 0.1) is 46.4 Å². The minimum absolute atomic E-state index is 0.0563. The Morgan fingerprint density at radius 3 is 2.31 bits per heavy atom. The highest BCUT2D eigenvalue weighted by Crippen LogP contribution is 2.49. The van der Waals surface area contributed by atoms with Crippen LogP contribution in [0, 0.1) is 11.2 Å². The predicted molar refractivity (Wildman–Crippen MR) is 135 cm³/mol. The lowest BCUT2D eigenvalue weighted by atomic mass is 9.96. The zero-order chi connectivity index (χ0) is 27.6. The van der Waals surface area contributed by atoms with Crippen LogP contribution in [0.3, 0.4) is 0 Å². The molecular formula is C27H26F4N6O2. The SMILES string of the molecule is O=C(CC1(C(=O)NCc2ccc(Nc3ccc(F)cc3C(F)(F)F)cn2)CC1)c1cnc(N2CCCC2)nc1. The van der Waals surface area contributed by atoms with Crippen LogP contribution in [0.5, 0.6) is 0 Å². The van der Waals surface area contributed by atoms with Crippen LogP contribution in [0.4, 0.5) is 34.9 Å². The Morgan fingerprint density at radius 1 is 0.974 bits per heavy atom. The standard InChI is InChI=1S/C27H26F4N6O2/c28-18-3-6-22(21(11-18)27(29,30)31)36-20-5-4-19(32-16-20)15-33-24(39)26(7-8-26)12-23(38)17-13-34-25(35-14-17)37-9-1-2-10-37/h3-6,11,13-14,16,36H,1-2,7-10,12,15H2,(H,33,39). The fourth-order valence-corrected chi connectivity index (χ4v) is 4.57. The molecule has 2 aliphatic rings. The molecule has 2 N–H and O–H groups in total. The van der Waals surface area contributed by atoms with E-state index in [1.54, 1.807) is 6.07 Å². The second-order valence-corrected chi connectivity index (χ2v) is 9.88. The first kappa shape index (κ1) is 26.5. The number of nitrogens with zero attached hydrogens (tertiary/aromatic N) is 4. The number of benzene rings is 1. The van der Waals surface area contributed by atoms with Crippen LogP contribution >= 0.6 is 0 Å². The summed E-state index contributed by atoms with van der Waals surface area (Å²) in [6.07, 6.45) is 3.05. The molecule has 12 heteroatoms. The van der Waals surface area contributed by atoms with Gasteiger partial charge >= 0.3 is 6.18 Å². The Balaban J connectivity index is 1.15. The van der Waals surface area contributed by atoms with Gasteiger partial charge in [-0.1, -0.05) is 0 Å². The third-order valence-electron chi connectivity index (χ3n) is 7.00. The Morgan fingerprint density at radius 2 is 1.69 bits per heavy atom. The highest BCUT2D eigenvalue weighted by Gasteiger charge is 2.51. The van der Waals surface area contributed by atoms with Crippen molar-refractivity contribution in [3.8, 4) is 0 Å². The van der Waals surface area contributed by atoms with Gasteiger partial charge in [0.2, 0.25) is 11.9 Å². The number of Topliss-reactive ketones (excluding diaryl/α,β-unsaturated/α-hetero) is 1. The van der Waals surface area contributed by atoms with Gasteiger partial charge in [-0.15, -0.1) is 0 Å². The molecule has 2 fully saturated rings. The van der Waals surface area contributed by atoms with Crippen LogP contribution in [-0.4, -0.2) is 39.7 Å². The molecule has 0 bridgehead atoms. The fourth-order valence-electron chi connectivity index (χ4n) is 4.57. The number of hydrogen-bond acceptors (Lipinski definition) is 7. The number of hydrogen-bond donors (Lipinski definition) is 2. The largest absolute Gasteiger partial charge is 0.418 e. The second kappa shape index (κ2) is 10.6. The minimum atomic E-state index is -4.73. The second-order valence-electron chi connectivity index (χ2n) is 9.88. The van der Waals surface area contributed by atoms with E-state index in [1.807, 2.05) is 0 Å². The maximum Gasteiger partial charge on any atom is 0.418 e. The molecule has 0 radical (unpaired) electrons. The van der Waals surface area contributed by atoms with Gasteiger partial charge in [0, 0.05) is 31.9 Å². The van der Waals surface area contributed by atoms with E-state index in [1.165, 1.54) is 24.7 Å². The molecule has 0 spiro atoms. The van der Waals surface area contributed by atoms with Crippen LogP contribution in [0.1, 0.15) is 53.7 Å². The van der Waals surface area contributed by atoms with Crippen LogP contribution in [-0.2, 0) is 17.5 Å². The van der Waals surface area contributed by atoms with E-state index in [-0.39, 0.29) is 36.0 Å². The molecule has 1 amide bonds. The summed E-state index contributed by atoms with van der Waals surface area (Å²) < 4.78 is 53.0. The lowest BCUT2D eigenvalue weighted by Gasteiger charge is -2.16. The molecule has 0 unspecified atom stereocenters. The first-order chi connectivity index (χ1) is 18.6. The molecule has 39 heavy (non-hydrogen) atoms. The lowest BCUT2D eigenvalue weighted by molar-refractivity contribution is -0.137. The normalized spacial score (nSPS) is 16.2. The van der Waals surface area contributed by atoms with Crippen LogP contribution in [0.15, 0.2) is 48.9 Å². The van der Waals surface area contributed by atoms with Crippen molar-refractivity contribution in [1.29, 1.82) is 0 Å². The lowest BCUT2D eigenvalue weighted by Crippen LogP contribution is -2.33. The number of alkyl halides is 3. The summed E-state index contributed by atoms with van der Waals surface area (Å²) >= 11 is 0. The third kappa shape index (κ3) is 6.15. The first-order valence-electron chi connectivity index (χ1n) is 12.6. The smallest absolute Gasteiger partial charge is 0.354 e. The van der Waals surface area contributed by atoms with E-state index in [9.17, 15) is 27.2 Å². The van der Waals surface area contributed by atoms with E-state index in [0.717, 1.165) is 38.1 Å². The predicted octanol–water partition coefficient (Wildman–Crippen LogP) is 5.04. The van der Waals surface area contributed by atoms with Crippen molar-refractivity contribution in [2.24, 2.45) is 5.41 Å². The summed E-state index contributed by atoms with van der Waals surface area (Å²) in [4.78, 5) is 40.6. The minimum Gasteiger partial charge on any atom is -0.354 e. The molecular weight excluding hydrogens is 516 g/mol. The number of carbonyl (C=O) groups excluding carboxylic acids is 2. The molecule has 1 aliphatic carbocycles. The number of halogens is 4. The van der Waals surface area contributed by atoms with Gasteiger partial charge in [-0.25, -0.2) is 14.4 Å². The summed E-state index contributed by atoms with van der Waals surface area (Å²) in [7, 11) is 0. The highest BCUT2D eigenvalue weighted by molar-refractivity contribution is 6.00. The van der Waals surface area contributed by atoms with Gasteiger partial charge in [0.25, 0.3) is 0 Å². The molecule has 1 saturated heterocycles. The number of rotatable bonds is 9. The van der Waals surface area contributed by atoms with Gasteiger partial charge in [-0.2, -0.15) is 13.2 Å². The maximum absolute atomic E-state index is 13.3. The van der Waals surface area contributed by atoms with E-state index < -0.39 is 23.0 Å². The molecule has 1 saturated carbocycles. The first-order valence-corrected chi connectivity index (χ1v) is 12.6. The Labute approximate surface area is 221 Å². The molecule has 3 aromatic rings. The number of aromatic nitrogens is 3. The van der Waals surface area contributed by atoms with Crippen molar-refractivity contribution in [2.45, 2.75) is 44.8 Å². The van der Waals surface area contributed by atoms with Gasteiger partial charge in [0.1, 0.15) is 5.82 Å². The van der Waals surface area contributed by atoms with Crippen molar-refractivity contribution in [3.05, 3.63) is 71.6 Å². The van der Waals surface area contributed by atoms with Gasteiger partial charge < -0.3 is 15.5 Å². The monoisotopic (exact) mass is 542 g/mol. The van der Waals surface area contributed by atoms with E-state index >= 15 is 0 Å². The van der Waals surface area contributed by atoms with E-state index in [0.29, 0.717) is 36.1 Å². The number of ketones is 1. The van der Waals surface area contributed by atoms with Crippen LogP contribution in [0.2, 0.25) is 0 Å². The van der Waals surface area contributed by atoms with Crippen LogP contribution in [0.25, 0.3) is 0 Å². The Bertz CT molecular complexity index is 1350. The molecule has 204 valence electrons. The van der Waals surface area contributed by atoms with E-state index in [2.05, 4.69) is 30.5 Å². The number of anilines is 3. The summed E-state index contributed by atoms with van der Waals surface area (Å²) in [5.41, 5.74) is -1.08. The molecule has 3 heterocycles. The van der Waals surface area contributed by atoms with Crippen molar-refractivity contribution < 1.29 is 27.2 Å². The topological polar surface area (TPSA) is 100 Å². The average Bonchev–Trinajstić information content (AvgIpc) is 3.49. The summed E-state index contributed by atoms with van der Waals surface area (Å²) in [5, 5.41) is 5.41. The van der Waals surface area contributed by atoms with Crippen molar-refractivity contribution >= 4 is 29.0 Å². The zero-order valence-corrected chi connectivity index (χ0v) is 20.9. The molecule has 1 aliphatic heterocycles. The van der Waals surface area contributed by atoms with Crippen LogP contribution < -0.4 is 15.5 Å². The van der Waals surface area contributed by atoms with E-state index in [4.69, 9.17) is 0 Å². The van der Waals surface area contributed by atoms with Crippen molar-refractivity contribution in [3.63, 3.8) is 0 Å². The number of pyridine rings is 1. The fraction of sp³-hybridized carbons (Fsp3) is 0.370. The van der Waals surface area contributed by atoms with Crippen molar-refractivity contribution in [1.82, 2.24) is 20.3 Å². The Hall–Kier alpha value is -4.09. The number of carbonyl (C=O) groups is 2. The zero-order valence-electron chi connectivity index (χ0n) is 20.9. The summed E-state index contributed by atoms with van der Waals surface area (Å²) in [5.74, 6) is -0.829. The molecule has 5 rings (SSSR count). The Kier molecular flexibility index (Phi) is 7.19. The maximum atomic E-state index is 13.3. The molecule has 0 atom stereocenters. The third-order valence-corrected chi connectivity index (χ3v) is 7.00. The summed E-state index contributed by atoms with van der Waals surface area (Å²) in [6.45, 7) is 1.89. The molecule has 2 aromatic heterocycles. The quantitative estimate of drug-likeness (QED) is 0.289. The molecule has 1 aromatic carbocycles. The van der Waals surface area contributed by atoms with Crippen molar-refractivity contribution in [2.75, 3.05) is 23.3 Å². The van der Waals surface area contributed by atoms with Gasteiger partial charge in [-0.05, 0) is 56.0 Å². The highest BCUT2D eigenvalue weighted by atomic mass is 19.4. The average molecular weight is 543 g/mol. The summed E-state index contributed by atoms with van der Waals surface area (Å²) in [6, 6.07) is 5.44. The molecule has 8 nitrogen and oxygen atoms in total. The van der Waals surface area contributed by atoms with Gasteiger partial charge in [0.15, 0.2) is 5.78 Å². The number of nitrogens with one attached hydrogen (secondary N) is 2.